The van der Waals surface area contributed by atoms with E-state index in [-0.39, 0.29) is 0 Å². The Labute approximate surface area is 70.7 Å². The summed E-state index contributed by atoms with van der Waals surface area (Å²) in [5, 5.41) is 14.0. The highest BCUT2D eigenvalue weighted by Gasteiger charge is 2.23. The molecule has 2 atom stereocenters. The summed E-state index contributed by atoms with van der Waals surface area (Å²) in [6.45, 7) is 0. The summed E-state index contributed by atoms with van der Waals surface area (Å²) in [7, 11) is 0. The molecule has 1 heterocycles. The van der Waals surface area contributed by atoms with E-state index in [1.807, 2.05) is 0 Å². The van der Waals surface area contributed by atoms with Crippen LogP contribution in [0, 0.1) is 0 Å². The Hall–Kier alpha value is -0.970. The number of nitrogens with one attached hydrogen (secondary N) is 1. The van der Waals surface area contributed by atoms with Crippen LogP contribution < -0.4 is 5.73 Å². The van der Waals surface area contributed by atoms with E-state index >= 15 is 0 Å². The fraction of sp³-hybridized carbons (Fsp3) is 0.857. The van der Waals surface area contributed by atoms with Gasteiger partial charge in [0, 0.05) is 12.0 Å². The van der Waals surface area contributed by atoms with Crippen LogP contribution in [0.5, 0.6) is 0 Å². The number of aromatic nitrogens is 4. The van der Waals surface area contributed by atoms with Gasteiger partial charge in [0.05, 0.1) is 0 Å². The maximum Gasteiger partial charge on any atom is 0.177 e. The van der Waals surface area contributed by atoms with E-state index in [9.17, 15) is 0 Å². The minimum atomic E-state index is 0.322. The van der Waals surface area contributed by atoms with E-state index in [0.29, 0.717) is 12.0 Å². The molecule has 0 amide bonds. The average molecular weight is 167 g/mol. The van der Waals surface area contributed by atoms with Crippen LogP contribution in [-0.4, -0.2) is 26.7 Å². The molecule has 2 rings (SSSR count). The van der Waals surface area contributed by atoms with Crippen LogP contribution in [0.3, 0.4) is 0 Å². The largest absolute Gasteiger partial charge is 0.328 e. The molecular formula is C7H13N5. The third-order valence-electron chi connectivity index (χ3n) is 2.44. The minimum Gasteiger partial charge on any atom is -0.328 e. The van der Waals surface area contributed by atoms with Crippen LogP contribution in [0.15, 0.2) is 0 Å². The molecule has 0 aliphatic heterocycles. The molecule has 66 valence electrons. The first-order chi connectivity index (χ1) is 5.86. The molecule has 1 aliphatic carbocycles. The molecule has 0 aromatic carbocycles. The lowest BCUT2D eigenvalue weighted by Gasteiger charge is -2.23. The number of nitrogens with zero attached hydrogens (tertiary/aromatic N) is 3. The molecule has 0 bridgehead atoms. The van der Waals surface area contributed by atoms with E-state index in [2.05, 4.69) is 20.6 Å². The normalized spacial score (nSPS) is 30.4. The van der Waals surface area contributed by atoms with E-state index in [4.69, 9.17) is 5.73 Å². The fourth-order valence-electron chi connectivity index (χ4n) is 1.80. The Bertz CT molecular complexity index is 232. The van der Waals surface area contributed by atoms with Gasteiger partial charge in [0.15, 0.2) is 5.82 Å². The smallest absolute Gasteiger partial charge is 0.177 e. The molecule has 3 N–H and O–H groups in total. The predicted molar refractivity (Wildman–Crippen MR) is 43.4 cm³/mol. The lowest BCUT2D eigenvalue weighted by Crippen LogP contribution is -2.27. The molecule has 5 nitrogen and oxygen atoms in total. The van der Waals surface area contributed by atoms with Crippen LogP contribution in [0.2, 0.25) is 0 Å². The molecule has 0 spiro atoms. The number of aromatic amines is 1. The Morgan fingerprint density at radius 3 is 3.00 bits per heavy atom. The molecule has 1 aliphatic rings. The standard InChI is InChI=1S/C7H13N5/c8-6-3-1-2-5(4-6)7-9-11-12-10-7/h5-6H,1-4,8H2,(H,9,10,11,12). The van der Waals surface area contributed by atoms with Gasteiger partial charge in [-0.2, -0.15) is 5.21 Å². The highest BCUT2D eigenvalue weighted by atomic mass is 15.5. The van der Waals surface area contributed by atoms with E-state index in [1.54, 1.807) is 0 Å². The Morgan fingerprint density at radius 2 is 2.33 bits per heavy atom. The van der Waals surface area contributed by atoms with Crippen LogP contribution in [0.4, 0.5) is 0 Å². The summed E-state index contributed by atoms with van der Waals surface area (Å²) in [6, 6.07) is 0.322. The van der Waals surface area contributed by atoms with Gasteiger partial charge in [0.2, 0.25) is 0 Å². The fourth-order valence-corrected chi connectivity index (χ4v) is 1.80. The summed E-state index contributed by atoms with van der Waals surface area (Å²) in [5.41, 5.74) is 5.85. The highest BCUT2D eigenvalue weighted by molar-refractivity contribution is 4.95. The third kappa shape index (κ3) is 1.45. The molecular weight excluding hydrogens is 154 g/mol. The van der Waals surface area contributed by atoms with Gasteiger partial charge in [-0.05, 0) is 19.3 Å². The van der Waals surface area contributed by atoms with Crippen molar-refractivity contribution in [2.24, 2.45) is 5.73 Å². The van der Waals surface area contributed by atoms with Crippen molar-refractivity contribution in [2.75, 3.05) is 0 Å². The molecule has 1 fully saturated rings. The van der Waals surface area contributed by atoms with Crippen LogP contribution >= 0.6 is 0 Å². The number of hydrogen-bond acceptors (Lipinski definition) is 4. The first-order valence-corrected chi connectivity index (χ1v) is 4.35. The lowest BCUT2D eigenvalue weighted by molar-refractivity contribution is 0.382. The molecule has 5 heteroatoms. The van der Waals surface area contributed by atoms with E-state index < -0.39 is 0 Å². The van der Waals surface area contributed by atoms with Gasteiger partial charge >= 0.3 is 0 Å². The molecule has 0 radical (unpaired) electrons. The second-order valence-electron chi connectivity index (χ2n) is 3.39. The van der Waals surface area contributed by atoms with Crippen LogP contribution in [0.25, 0.3) is 0 Å². The number of H-pyrrole nitrogens is 1. The quantitative estimate of drug-likeness (QED) is 0.625. The number of nitrogens with two attached hydrogens (primary N) is 1. The number of tetrazole rings is 1. The summed E-state index contributed by atoms with van der Waals surface area (Å²) in [6.07, 6.45) is 4.46. The second-order valence-corrected chi connectivity index (χ2v) is 3.39. The van der Waals surface area contributed by atoms with Crippen molar-refractivity contribution in [1.82, 2.24) is 20.6 Å². The van der Waals surface area contributed by atoms with Crippen molar-refractivity contribution in [3.63, 3.8) is 0 Å². The number of rotatable bonds is 1. The number of hydrogen-bond donors (Lipinski definition) is 2. The van der Waals surface area contributed by atoms with Gasteiger partial charge in [-0.15, -0.1) is 10.2 Å². The van der Waals surface area contributed by atoms with Crippen LogP contribution in [0.1, 0.15) is 37.4 Å². The summed E-state index contributed by atoms with van der Waals surface area (Å²) >= 11 is 0. The van der Waals surface area contributed by atoms with Gasteiger partial charge in [0.1, 0.15) is 0 Å². The van der Waals surface area contributed by atoms with Gasteiger partial charge in [-0.1, -0.05) is 11.6 Å². The van der Waals surface area contributed by atoms with E-state index in [0.717, 1.165) is 25.1 Å². The molecule has 1 aromatic rings. The SMILES string of the molecule is NC1CCCC(c2nn[nH]n2)C1. The highest BCUT2D eigenvalue weighted by Crippen LogP contribution is 2.29. The van der Waals surface area contributed by atoms with Crippen molar-refractivity contribution in [1.29, 1.82) is 0 Å². The van der Waals surface area contributed by atoms with Gasteiger partial charge < -0.3 is 5.73 Å². The molecule has 1 saturated carbocycles. The topological polar surface area (TPSA) is 80.5 Å². The average Bonchev–Trinajstić information content (AvgIpc) is 2.56. The second kappa shape index (κ2) is 3.18. The van der Waals surface area contributed by atoms with Crippen LogP contribution in [-0.2, 0) is 0 Å². The summed E-state index contributed by atoms with van der Waals surface area (Å²) < 4.78 is 0. The monoisotopic (exact) mass is 167 g/mol. The first-order valence-electron chi connectivity index (χ1n) is 4.35. The maximum absolute atomic E-state index is 5.85. The van der Waals surface area contributed by atoms with Crippen molar-refractivity contribution in [3.8, 4) is 0 Å². The van der Waals surface area contributed by atoms with Crippen molar-refractivity contribution in [3.05, 3.63) is 5.82 Å². The predicted octanol–water partition coefficient (Wildman–Crippen LogP) is 0.185. The lowest BCUT2D eigenvalue weighted by atomic mass is 9.86. The molecule has 0 saturated heterocycles. The van der Waals surface area contributed by atoms with Gasteiger partial charge in [-0.3, -0.25) is 0 Å². The van der Waals surface area contributed by atoms with Crippen molar-refractivity contribution in [2.45, 2.75) is 37.6 Å². The van der Waals surface area contributed by atoms with Gasteiger partial charge in [0.25, 0.3) is 0 Å². The zero-order valence-electron chi connectivity index (χ0n) is 6.90. The maximum atomic E-state index is 5.85. The summed E-state index contributed by atoms with van der Waals surface area (Å²) in [5.74, 6) is 1.25. The molecule has 12 heavy (non-hydrogen) atoms. The minimum absolute atomic E-state index is 0.322. The zero-order chi connectivity index (χ0) is 8.39. The Morgan fingerprint density at radius 1 is 1.42 bits per heavy atom. The first kappa shape index (κ1) is 7.67. The third-order valence-corrected chi connectivity index (χ3v) is 2.44. The van der Waals surface area contributed by atoms with Crippen molar-refractivity contribution >= 4 is 0 Å². The van der Waals surface area contributed by atoms with Gasteiger partial charge in [-0.25, -0.2) is 0 Å². The molecule has 1 aromatic heterocycles. The Balaban J connectivity index is 2.04. The zero-order valence-corrected chi connectivity index (χ0v) is 6.90. The summed E-state index contributed by atoms with van der Waals surface area (Å²) in [4.78, 5) is 0. The molecule has 2 unspecified atom stereocenters. The van der Waals surface area contributed by atoms with Crippen molar-refractivity contribution < 1.29 is 0 Å². The van der Waals surface area contributed by atoms with E-state index in [1.165, 1.54) is 6.42 Å². The Kier molecular flexibility index (Phi) is 2.03.